The molecule has 94 valence electrons. The molecule has 0 aromatic rings. The number of hydrogen-bond donors (Lipinski definition) is 1. The molecule has 1 rings (SSSR count). The van der Waals surface area contributed by atoms with Gasteiger partial charge in [0, 0.05) is 19.6 Å². The lowest BCUT2D eigenvalue weighted by Crippen LogP contribution is -2.42. The van der Waals surface area contributed by atoms with Crippen molar-refractivity contribution >= 4 is 5.91 Å². The fourth-order valence-electron chi connectivity index (χ4n) is 1.83. The van der Waals surface area contributed by atoms with Crippen LogP contribution >= 0.6 is 0 Å². The zero-order valence-corrected chi connectivity index (χ0v) is 9.24. The Kier molecular flexibility index (Phi) is 5.62. The summed E-state index contributed by atoms with van der Waals surface area (Å²) in [6.45, 7) is 0.871. The molecule has 1 aliphatic rings. The molecular formula is C10H18F2N2O2. The molecule has 1 amide bonds. The molecule has 16 heavy (non-hydrogen) atoms. The summed E-state index contributed by atoms with van der Waals surface area (Å²) in [5.74, 6) is -0.119. The molecule has 0 aromatic heterocycles. The fourth-order valence-corrected chi connectivity index (χ4v) is 1.83. The summed E-state index contributed by atoms with van der Waals surface area (Å²) >= 11 is 0. The van der Waals surface area contributed by atoms with Crippen LogP contribution in [0.25, 0.3) is 0 Å². The van der Waals surface area contributed by atoms with E-state index < -0.39 is 13.0 Å². The molecule has 1 heterocycles. The van der Waals surface area contributed by atoms with Crippen LogP contribution in [-0.4, -0.2) is 66.6 Å². The van der Waals surface area contributed by atoms with Crippen LogP contribution in [0.3, 0.4) is 0 Å². The number of rotatable bonds is 6. The predicted octanol–water partition coefficient (Wildman–Crippen LogP) is 0.168. The van der Waals surface area contributed by atoms with Crippen molar-refractivity contribution in [2.45, 2.75) is 19.3 Å². The number of hydrogen-bond acceptors (Lipinski definition) is 3. The summed E-state index contributed by atoms with van der Waals surface area (Å²) in [5, 5.41) is 8.72. The van der Waals surface area contributed by atoms with Crippen molar-refractivity contribution in [1.82, 2.24) is 9.80 Å². The van der Waals surface area contributed by atoms with Crippen LogP contribution in [0, 0.1) is 0 Å². The third-order valence-corrected chi connectivity index (χ3v) is 2.63. The normalized spacial score (nSPS) is 16.4. The van der Waals surface area contributed by atoms with Crippen molar-refractivity contribution in [2.75, 3.05) is 39.3 Å². The van der Waals surface area contributed by atoms with E-state index in [1.165, 1.54) is 4.90 Å². The Hall–Kier alpha value is -0.750. The van der Waals surface area contributed by atoms with Crippen LogP contribution < -0.4 is 0 Å². The van der Waals surface area contributed by atoms with Crippen molar-refractivity contribution in [3.63, 3.8) is 0 Å². The highest BCUT2D eigenvalue weighted by Gasteiger charge is 2.21. The average Bonchev–Trinajstić information content (AvgIpc) is 2.69. The number of aliphatic hydroxyl groups is 1. The minimum absolute atomic E-state index is 0.0229. The van der Waals surface area contributed by atoms with Crippen molar-refractivity contribution in [1.29, 1.82) is 0 Å². The van der Waals surface area contributed by atoms with Gasteiger partial charge < -0.3 is 10.0 Å². The van der Waals surface area contributed by atoms with E-state index in [-0.39, 0.29) is 25.6 Å². The second kappa shape index (κ2) is 6.75. The summed E-state index contributed by atoms with van der Waals surface area (Å²) < 4.78 is 24.4. The first-order chi connectivity index (χ1) is 7.63. The molecule has 0 bridgehead atoms. The van der Waals surface area contributed by atoms with Gasteiger partial charge in [-0.2, -0.15) is 0 Å². The van der Waals surface area contributed by atoms with Crippen LogP contribution in [0.15, 0.2) is 0 Å². The molecule has 1 fully saturated rings. The molecule has 1 aliphatic heterocycles. The Morgan fingerprint density at radius 2 is 2.00 bits per heavy atom. The largest absolute Gasteiger partial charge is 0.395 e. The van der Waals surface area contributed by atoms with Gasteiger partial charge in [-0.3, -0.25) is 9.69 Å². The standard InChI is InChI=1S/C10H18F2N2O2/c11-9(12)7-13(5-6-15)8-10(16)14-3-1-2-4-14/h9,15H,1-8H2. The van der Waals surface area contributed by atoms with Crippen LogP contribution in [0.4, 0.5) is 8.78 Å². The molecule has 6 heteroatoms. The Morgan fingerprint density at radius 1 is 1.38 bits per heavy atom. The van der Waals surface area contributed by atoms with Crippen molar-refractivity contribution in [3.8, 4) is 0 Å². The van der Waals surface area contributed by atoms with E-state index in [9.17, 15) is 13.6 Å². The number of likely N-dealkylation sites (tertiary alicyclic amines) is 1. The minimum atomic E-state index is -2.47. The van der Waals surface area contributed by atoms with Gasteiger partial charge in [0.1, 0.15) is 0 Å². The Bertz CT molecular complexity index is 221. The first-order valence-electron chi connectivity index (χ1n) is 5.52. The van der Waals surface area contributed by atoms with Gasteiger partial charge in [0.15, 0.2) is 0 Å². The molecule has 1 saturated heterocycles. The van der Waals surface area contributed by atoms with Crippen molar-refractivity contribution in [3.05, 3.63) is 0 Å². The van der Waals surface area contributed by atoms with Crippen LogP contribution in [-0.2, 0) is 4.79 Å². The highest BCUT2D eigenvalue weighted by molar-refractivity contribution is 5.78. The summed E-state index contributed by atoms with van der Waals surface area (Å²) in [4.78, 5) is 14.7. The van der Waals surface area contributed by atoms with E-state index in [0.29, 0.717) is 0 Å². The monoisotopic (exact) mass is 236 g/mol. The van der Waals surface area contributed by atoms with E-state index in [2.05, 4.69) is 0 Å². The zero-order chi connectivity index (χ0) is 12.0. The van der Waals surface area contributed by atoms with E-state index in [0.717, 1.165) is 25.9 Å². The molecule has 0 saturated carbocycles. The lowest BCUT2D eigenvalue weighted by atomic mass is 10.4. The van der Waals surface area contributed by atoms with Gasteiger partial charge in [0.25, 0.3) is 6.43 Å². The van der Waals surface area contributed by atoms with Gasteiger partial charge in [0.2, 0.25) is 5.91 Å². The first kappa shape index (κ1) is 13.3. The second-order valence-electron chi connectivity index (χ2n) is 3.94. The van der Waals surface area contributed by atoms with Gasteiger partial charge in [0.05, 0.1) is 19.7 Å². The number of carbonyl (C=O) groups is 1. The third-order valence-electron chi connectivity index (χ3n) is 2.63. The lowest BCUT2D eigenvalue weighted by molar-refractivity contribution is -0.131. The molecule has 0 unspecified atom stereocenters. The van der Waals surface area contributed by atoms with Gasteiger partial charge in [-0.15, -0.1) is 0 Å². The number of alkyl halides is 2. The average molecular weight is 236 g/mol. The fraction of sp³-hybridized carbons (Fsp3) is 0.900. The molecule has 0 aromatic carbocycles. The highest BCUT2D eigenvalue weighted by Crippen LogP contribution is 2.08. The smallest absolute Gasteiger partial charge is 0.251 e. The maximum Gasteiger partial charge on any atom is 0.251 e. The molecule has 1 N–H and O–H groups in total. The van der Waals surface area contributed by atoms with E-state index in [1.807, 2.05) is 0 Å². The lowest BCUT2D eigenvalue weighted by Gasteiger charge is -2.23. The summed E-state index contributed by atoms with van der Waals surface area (Å²) in [6.07, 6.45) is -0.501. The highest BCUT2D eigenvalue weighted by atomic mass is 19.3. The molecule has 0 spiro atoms. The third kappa shape index (κ3) is 4.40. The summed E-state index contributed by atoms with van der Waals surface area (Å²) in [5.41, 5.74) is 0. The molecule has 0 radical (unpaired) electrons. The van der Waals surface area contributed by atoms with Crippen molar-refractivity contribution in [2.24, 2.45) is 0 Å². The van der Waals surface area contributed by atoms with Gasteiger partial charge in [-0.25, -0.2) is 8.78 Å². The van der Waals surface area contributed by atoms with Gasteiger partial charge in [-0.1, -0.05) is 0 Å². The van der Waals surface area contributed by atoms with Crippen LogP contribution in [0.1, 0.15) is 12.8 Å². The quantitative estimate of drug-likeness (QED) is 0.715. The summed E-state index contributed by atoms with van der Waals surface area (Å²) in [6, 6.07) is 0. The number of amides is 1. The molecular weight excluding hydrogens is 218 g/mol. The number of nitrogens with zero attached hydrogens (tertiary/aromatic N) is 2. The SMILES string of the molecule is O=C(CN(CCO)CC(F)F)N1CCCC1. The van der Waals surface area contributed by atoms with Gasteiger partial charge in [-0.05, 0) is 12.8 Å². The number of aliphatic hydroxyl groups excluding tert-OH is 1. The topological polar surface area (TPSA) is 43.8 Å². The molecule has 0 aliphatic carbocycles. The Balaban J connectivity index is 2.36. The Morgan fingerprint density at radius 3 is 2.50 bits per heavy atom. The zero-order valence-electron chi connectivity index (χ0n) is 9.24. The minimum Gasteiger partial charge on any atom is -0.395 e. The van der Waals surface area contributed by atoms with E-state index in [4.69, 9.17) is 5.11 Å². The first-order valence-corrected chi connectivity index (χ1v) is 5.52. The summed E-state index contributed by atoms with van der Waals surface area (Å²) in [7, 11) is 0. The van der Waals surface area contributed by atoms with E-state index in [1.54, 1.807) is 4.90 Å². The van der Waals surface area contributed by atoms with Gasteiger partial charge >= 0.3 is 0 Å². The predicted molar refractivity (Wildman–Crippen MR) is 55.3 cm³/mol. The Labute approximate surface area is 93.8 Å². The molecule has 0 atom stereocenters. The van der Waals surface area contributed by atoms with Crippen molar-refractivity contribution < 1.29 is 18.7 Å². The maximum absolute atomic E-state index is 12.2. The van der Waals surface area contributed by atoms with Crippen LogP contribution in [0.5, 0.6) is 0 Å². The van der Waals surface area contributed by atoms with E-state index >= 15 is 0 Å². The number of carbonyl (C=O) groups excluding carboxylic acids is 1. The van der Waals surface area contributed by atoms with Crippen LogP contribution in [0.2, 0.25) is 0 Å². The number of halogens is 2. The second-order valence-corrected chi connectivity index (χ2v) is 3.94. The molecule has 4 nitrogen and oxygen atoms in total. The maximum atomic E-state index is 12.2.